The van der Waals surface area contributed by atoms with Crippen LogP contribution in [0.2, 0.25) is 0 Å². The molecule has 2 aromatic heterocycles. The van der Waals surface area contributed by atoms with Gasteiger partial charge in [-0.25, -0.2) is 9.97 Å². The first kappa shape index (κ1) is 22.7. The van der Waals surface area contributed by atoms with Crippen molar-refractivity contribution < 1.29 is 4.79 Å². The van der Waals surface area contributed by atoms with Crippen molar-refractivity contribution in [3.8, 4) is 0 Å². The number of benzene rings is 1. The maximum absolute atomic E-state index is 12.5. The van der Waals surface area contributed by atoms with E-state index in [0.29, 0.717) is 17.9 Å². The molecule has 31 heavy (non-hydrogen) atoms. The van der Waals surface area contributed by atoms with E-state index in [9.17, 15) is 4.79 Å². The number of hydrogen-bond donors (Lipinski definition) is 1. The summed E-state index contributed by atoms with van der Waals surface area (Å²) in [5.74, 6) is 1.59. The molecular weight excluding hydrogens is 406 g/mol. The third kappa shape index (κ3) is 6.52. The van der Waals surface area contributed by atoms with E-state index < -0.39 is 0 Å². The maximum atomic E-state index is 12.5. The number of hydrogen-bond acceptors (Lipinski definition) is 6. The second kappa shape index (κ2) is 11.5. The first-order valence-corrected chi connectivity index (χ1v) is 11.6. The number of pyridine rings is 1. The molecular formula is C24H29N5OS. The zero-order valence-electron chi connectivity index (χ0n) is 18.3. The first-order valence-electron chi connectivity index (χ1n) is 10.6. The van der Waals surface area contributed by atoms with Crippen LogP contribution in [0.3, 0.4) is 0 Å². The second-order valence-electron chi connectivity index (χ2n) is 7.05. The summed E-state index contributed by atoms with van der Waals surface area (Å²) in [7, 11) is 0. The number of carbonyl (C=O) groups is 1. The van der Waals surface area contributed by atoms with Crippen LogP contribution in [0.15, 0.2) is 60.0 Å². The molecule has 0 spiro atoms. The van der Waals surface area contributed by atoms with Gasteiger partial charge < -0.3 is 10.2 Å². The van der Waals surface area contributed by atoms with Gasteiger partial charge in [0.1, 0.15) is 5.82 Å². The molecule has 0 aliphatic heterocycles. The van der Waals surface area contributed by atoms with Gasteiger partial charge >= 0.3 is 0 Å². The number of aromatic nitrogens is 3. The Balaban J connectivity index is 1.66. The van der Waals surface area contributed by atoms with Crippen molar-refractivity contribution in [2.45, 2.75) is 44.6 Å². The van der Waals surface area contributed by atoms with Crippen molar-refractivity contribution in [3.63, 3.8) is 0 Å². The molecule has 0 radical (unpaired) electrons. The van der Waals surface area contributed by atoms with Crippen LogP contribution >= 0.6 is 11.8 Å². The minimum Gasteiger partial charge on any atom is -0.357 e. The molecule has 1 amide bonds. The van der Waals surface area contributed by atoms with Gasteiger partial charge in [0.25, 0.3) is 5.91 Å². The quantitative estimate of drug-likeness (QED) is 0.373. The van der Waals surface area contributed by atoms with Gasteiger partial charge in [0.2, 0.25) is 0 Å². The van der Waals surface area contributed by atoms with E-state index in [1.165, 1.54) is 0 Å². The highest BCUT2D eigenvalue weighted by Crippen LogP contribution is 2.23. The van der Waals surface area contributed by atoms with Crippen molar-refractivity contribution in [1.29, 1.82) is 0 Å². The van der Waals surface area contributed by atoms with E-state index in [1.807, 2.05) is 36.4 Å². The predicted molar refractivity (Wildman–Crippen MR) is 126 cm³/mol. The van der Waals surface area contributed by atoms with Crippen LogP contribution in [-0.4, -0.2) is 33.9 Å². The summed E-state index contributed by atoms with van der Waals surface area (Å²) in [6.45, 7) is 8.68. The molecule has 0 aliphatic rings. The minimum atomic E-state index is -0.0864. The Bertz CT molecular complexity index is 992. The Morgan fingerprint density at radius 2 is 1.77 bits per heavy atom. The van der Waals surface area contributed by atoms with E-state index in [1.54, 1.807) is 24.2 Å². The van der Waals surface area contributed by atoms with Crippen molar-refractivity contribution in [1.82, 2.24) is 20.3 Å². The van der Waals surface area contributed by atoms with Crippen molar-refractivity contribution in [3.05, 3.63) is 77.2 Å². The molecule has 1 aromatic carbocycles. The van der Waals surface area contributed by atoms with Crippen LogP contribution in [0.4, 0.5) is 5.82 Å². The van der Waals surface area contributed by atoms with E-state index in [-0.39, 0.29) is 5.91 Å². The van der Waals surface area contributed by atoms with Gasteiger partial charge in [-0.2, -0.15) is 0 Å². The molecule has 162 valence electrons. The highest BCUT2D eigenvalue weighted by Gasteiger charge is 2.11. The summed E-state index contributed by atoms with van der Waals surface area (Å²) in [5, 5.41) is 3.73. The Morgan fingerprint density at radius 3 is 2.48 bits per heavy atom. The summed E-state index contributed by atoms with van der Waals surface area (Å²) in [4.78, 5) is 28.2. The molecule has 1 N–H and O–H groups in total. The van der Waals surface area contributed by atoms with Crippen LogP contribution in [0.25, 0.3) is 0 Å². The molecule has 3 rings (SSSR count). The number of nitrogens with zero attached hydrogens (tertiary/aromatic N) is 4. The van der Waals surface area contributed by atoms with Crippen LogP contribution in [0, 0.1) is 0 Å². The third-order valence-corrected chi connectivity index (χ3v) is 5.87. The number of aryl methyl sites for hydroxylation is 1. The van der Waals surface area contributed by atoms with Gasteiger partial charge in [-0.1, -0.05) is 30.8 Å². The molecule has 0 aliphatic carbocycles. The molecule has 6 nitrogen and oxygen atoms in total. The molecule has 2 heterocycles. The predicted octanol–water partition coefficient (Wildman–Crippen LogP) is 4.50. The maximum Gasteiger partial charge on any atom is 0.251 e. The average Bonchev–Trinajstić information content (AvgIpc) is 2.82. The summed E-state index contributed by atoms with van der Waals surface area (Å²) in [5.41, 5.74) is 3.78. The molecule has 0 saturated heterocycles. The van der Waals surface area contributed by atoms with Crippen molar-refractivity contribution in [2.75, 3.05) is 18.0 Å². The summed E-state index contributed by atoms with van der Waals surface area (Å²) < 4.78 is 0. The van der Waals surface area contributed by atoms with E-state index in [2.05, 4.69) is 47.0 Å². The van der Waals surface area contributed by atoms with Crippen LogP contribution in [0.1, 0.15) is 48.0 Å². The van der Waals surface area contributed by atoms with E-state index in [4.69, 9.17) is 4.98 Å². The van der Waals surface area contributed by atoms with Gasteiger partial charge in [0, 0.05) is 55.1 Å². The standard InChI is InChI=1S/C24H29N5OS/c1-4-21-15-22(29(5-2)6-3)28-24(27-21)31-17-19-8-7-9-20(14-19)23(30)26-16-18-10-12-25-13-11-18/h7-15H,4-6,16-17H2,1-3H3,(H,26,30). The van der Waals surface area contributed by atoms with Crippen molar-refractivity contribution in [2.24, 2.45) is 0 Å². The monoisotopic (exact) mass is 435 g/mol. The Morgan fingerprint density at radius 1 is 1.00 bits per heavy atom. The van der Waals surface area contributed by atoms with E-state index >= 15 is 0 Å². The van der Waals surface area contributed by atoms with Crippen molar-refractivity contribution >= 4 is 23.5 Å². The lowest BCUT2D eigenvalue weighted by Gasteiger charge is -2.20. The number of rotatable bonds is 10. The number of thioether (sulfide) groups is 1. The molecule has 0 bridgehead atoms. The lowest BCUT2D eigenvalue weighted by atomic mass is 10.1. The Kier molecular flexibility index (Phi) is 8.41. The minimum absolute atomic E-state index is 0.0864. The van der Waals surface area contributed by atoms with Crippen LogP contribution < -0.4 is 10.2 Å². The highest BCUT2D eigenvalue weighted by molar-refractivity contribution is 7.98. The van der Waals surface area contributed by atoms with Gasteiger partial charge in [-0.3, -0.25) is 9.78 Å². The third-order valence-electron chi connectivity index (χ3n) is 4.95. The van der Waals surface area contributed by atoms with Gasteiger partial charge in [-0.15, -0.1) is 0 Å². The summed E-state index contributed by atoms with van der Waals surface area (Å²) >= 11 is 1.60. The average molecular weight is 436 g/mol. The number of amides is 1. The molecule has 0 fully saturated rings. The number of nitrogens with one attached hydrogen (secondary N) is 1. The Hall–Kier alpha value is -2.93. The van der Waals surface area contributed by atoms with Gasteiger partial charge in [0.15, 0.2) is 5.16 Å². The SMILES string of the molecule is CCc1cc(N(CC)CC)nc(SCc2cccc(C(=O)NCc3ccncc3)c2)n1. The lowest BCUT2D eigenvalue weighted by Crippen LogP contribution is -2.23. The van der Waals surface area contributed by atoms with Gasteiger partial charge in [-0.05, 0) is 55.7 Å². The molecule has 0 atom stereocenters. The van der Waals surface area contributed by atoms with Crippen LogP contribution in [0.5, 0.6) is 0 Å². The first-order chi connectivity index (χ1) is 15.1. The largest absolute Gasteiger partial charge is 0.357 e. The van der Waals surface area contributed by atoms with Crippen LogP contribution in [-0.2, 0) is 18.7 Å². The number of carbonyl (C=O) groups excluding carboxylic acids is 1. The fourth-order valence-electron chi connectivity index (χ4n) is 3.15. The summed E-state index contributed by atoms with van der Waals surface area (Å²) in [6.07, 6.45) is 4.32. The fourth-order valence-corrected chi connectivity index (χ4v) is 3.97. The fraction of sp³-hybridized carbons (Fsp3) is 0.333. The second-order valence-corrected chi connectivity index (χ2v) is 8.00. The van der Waals surface area contributed by atoms with E-state index in [0.717, 1.165) is 47.3 Å². The zero-order valence-corrected chi connectivity index (χ0v) is 19.2. The normalized spacial score (nSPS) is 10.7. The highest BCUT2D eigenvalue weighted by atomic mass is 32.2. The Labute approximate surface area is 188 Å². The molecule has 0 saturated carbocycles. The lowest BCUT2D eigenvalue weighted by molar-refractivity contribution is 0.0951. The molecule has 7 heteroatoms. The molecule has 0 unspecified atom stereocenters. The zero-order chi connectivity index (χ0) is 22.1. The topological polar surface area (TPSA) is 71.0 Å². The van der Waals surface area contributed by atoms with Gasteiger partial charge in [0.05, 0.1) is 0 Å². The molecule has 3 aromatic rings. The summed E-state index contributed by atoms with van der Waals surface area (Å²) in [6, 6.07) is 13.6. The number of anilines is 1. The smallest absolute Gasteiger partial charge is 0.251 e.